The van der Waals surface area contributed by atoms with E-state index in [0.29, 0.717) is 18.9 Å². The summed E-state index contributed by atoms with van der Waals surface area (Å²) < 4.78 is 11.5. The zero-order valence-electron chi connectivity index (χ0n) is 14.1. The standard InChI is InChI=1S/C20H23NO3/c1-13-19-16(6-4-7-17(19)22)20(21-13)15-5-2-3-8-18(15)24-12-14-9-10-23-11-14/h2-3,5,8,14,21H,4,6-7,9-12H2,1H3. The summed E-state index contributed by atoms with van der Waals surface area (Å²) in [6.45, 7) is 4.29. The lowest BCUT2D eigenvalue weighted by Gasteiger charge is -2.16. The zero-order chi connectivity index (χ0) is 16.5. The van der Waals surface area contributed by atoms with Crippen LogP contribution in [0.25, 0.3) is 11.3 Å². The van der Waals surface area contributed by atoms with E-state index >= 15 is 0 Å². The molecule has 0 bridgehead atoms. The van der Waals surface area contributed by atoms with Crippen molar-refractivity contribution < 1.29 is 14.3 Å². The molecule has 4 nitrogen and oxygen atoms in total. The van der Waals surface area contributed by atoms with Gasteiger partial charge in [0.15, 0.2) is 5.78 Å². The molecular weight excluding hydrogens is 302 g/mol. The third kappa shape index (κ3) is 2.75. The normalized spacial score (nSPS) is 20.2. The van der Waals surface area contributed by atoms with Gasteiger partial charge in [-0.05, 0) is 43.9 Å². The number of para-hydroxylation sites is 1. The molecule has 2 heterocycles. The van der Waals surface area contributed by atoms with Crippen LogP contribution >= 0.6 is 0 Å². The van der Waals surface area contributed by atoms with Crippen molar-refractivity contribution in [3.63, 3.8) is 0 Å². The third-order valence-corrected chi connectivity index (χ3v) is 5.06. The van der Waals surface area contributed by atoms with E-state index in [2.05, 4.69) is 11.1 Å². The van der Waals surface area contributed by atoms with Crippen molar-refractivity contribution in [2.24, 2.45) is 5.92 Å². The van der Waals surface area contributed by atoms with Crippen LogP contribution in [0, 0.1) is 12.8 Å². The van der Waals surface area contributed by atoms with E-state index in [0.717, 1.165) is 66.3 Å². The minimum absolute atomic E-state index is 0.262. The third-order valence-electron chi connectivity index (χ3n) is 5.06. The van der Waals surface area contributed by atoms with Crippen molar-refractivity contribution in [3.05, 3.63) is 41.1 Å². The molecule has 1 aromatic carbocycles. The van der Waals surface area contributed by atoms with Crippen molar-refractivity contribution in [3.8, 4) is 17.0 Å². The van der Waals surface area contributed by atoms with E-state index < -0.39 is 0 Å². The Balaban J connectivity index is 1.67. The molecule has 1 aromatic heterocycles. The minimum Gasteiger partial charge on any atom is -0.493 e. The molecule has 0 spiro atoms. The van der Waals surface area contributed by atoms with Crippen LogP contribution in [0.15, 0.2) is 24.3 Å². The summed E-state index contributed by atoms with van der Waals surface area (Å²) in [7, 11) is 0. The fourth-order valence-electron chi connectivity index (χ4n) is 3.81. The summed E-state index contributed by atoms with van der Waals surface area (Å²) in [6, 6.07) is 8.11. The van der Waals surface area contributed by atoms with Crippen LogP contribution in [0.5, 0.6) is 5.75 Å². The molecule has 1 aliphatic heterocycles. The maximum absolute atomic E-state index is 12.3. The van der Waals surface area contributed by atoms with Crippen molar-refractivity contribution in [2.75, 3.05) is 19.8 Å². The predicted molar refractivity (Wildman–Crippen MR) is 92.7 cm³/mol. The summed E-state index contributed by atoms with van der Waals surface area (Å²) >= 11 is 0. The Morgan fingerprint density at radius 2 is 2.17 bits per heavy atom. The Bertz CT molecular complexity index is 756. The summed E-state index contributed by atoms with van der Waals surface area (Å²) in [5.41, 5.74) is 5.13. The number of Topliss-reactive ketones (excluding diaryl/α,β-unsaturated/α-hetero) is 1. The van der Waals surface area contributed by atoms with Crippen LogP contribution in [0.3, 0.4) is 0 Å². The number of rotatable bonds is 4. The average molecular weight is 325 g/mol. The fourth-order valence-corrected chi connectivity index (χ4v) is 3.81. The van der Waals surface area contributed by atoms with Crippen molar-refractivity contribution in [1.82, 2.24) is 4.98 Å². The highest BCUT2D eigenvalue weighted by Crippen LogP contribution is 2.37. The van der Waals surface area contributed by atoms with Gasteiger partial charge in [-0.1, -0.05) is 12.1 Å². The zero-order valence-corrected chi connectivity index (χ0v) is 14.1. The number of aromatic nitrogens is 1. The van der Waals surface area contributed by atoms with E-state index in [1.54, 1.807) is 0 Å². The number of aryl methyl sites for hydroxylation is 1. The van der Waals surface area contributed by atoms with Gasteiger partial charge in [0.25, 0.3) is 0 Å². The van der Waals surface area contributed by atoms with Gasteiger partial charge in [0.2, 0.25) is 0 Å². The average Bonchev–Trinajstić information content (AvgIpc) is 3.22. The number of ketones is 1. The van der Waals surface area contributed by atoms with Crippen LogP contribution in [0.1, 0.15) is 40.9 Å². The second kappa shape index (κ2) is 6.44. The van der Waals surface area contributed by atoms with Crippen LogP contribution in [0.2, 0.25) is 0 Å². The van der Waals surface area contributed by atoms with E-state index in [4.69, 9.17) is 9.47 Å². The molecule has 2 aliphatic rings. The molecule has 1 aliphatic carbocycles. The van der Waals surface area contributed by atoms with Gasteiger partial charge in [0, 0.05) is 35.8 Å². The Labute approximate surface area is 142 Å². The molecule has 126 valence electrons. The first kappa shape index (κ1) is 15.5. The maximum Gasteiger partial charge on any atom is 0.164 e. The van der Waals surface area contributed by atoms with Crippen LogP contribution in [-0.4, -0.2) is 30.6 Å². The first-order valence-corrected chi connectivity index (χ1v) is 8.78. The number of fused-ring (bicyclic) bond motifs is 1. The number of carbonyl (C=O) groups is 1. The molecule has 1 N–H and O–H groups in total. The SMILES string of the molecule is Cc1[nH]c(-c2ccccc2OCC2CCOC2)c2c1C(=O)CCC2. The van der Waals surface area contributed by atoms with Crippen molar-refractivity contribution in [1.29, 1.82) is 0 Å². The fraction of sp³-hybridized carbons (Fsp3) is 0.450. The van der Waals surface area contributed by atoms with E-state index in [1.807, 2.05) is 25.1 Å². The highest BCUT2D eigenvalue weighted by atomic mass is 16.5. The molecule has 2 aromatic rings. The first-order chi connectivity index (χ1) is 11.7. The van der Waals surface area contributed by atoms with Gasteiger partial charge < -0.3 is 14.5 Å². The minimum atomic E-state index is 0.262. The Morgan fingerprint density at radius 3 is 3.00 bits per heavy atom. The molecule has 24 heavy (non-hydrogen) atoms. The second-order valence-corrected chi connectivity index (χ2v) is 6.79. The molecule has 1 atom stereocenters. The van der Waals surface area contributed by atoms with E-state index in [1.165, 1.54) is 0 Å². The topological polar surface area (TPSA) is 51.3 Å². The lowest BCUT2D eigenvalue weighted by molar-refractivity contribution is 0.0972. The van der Waals surface area contributed by atoms with Crippen LogP contribution in [-0.2, 0) is 11.2 Å². The number of hydrogen-bond donors (Lipinski definition) is 1. The molecule has 4 heteroatoms. The maximum atomic E-state index is 12.3. The molecule has 0 amide bonds. The first-order valence-electron chi connectivity index (χ1n) is 8.78. The van der Waals surface area contributed by atoms with Gasteiger partial charge >= 0.3 is 0 Å². The van der Waals surface area contributed by atoms with Gasteiger partial charge in [-0.3, -0.25) is 4.79 Å². The van der Waals surface area contributed by atoms with Crippen molar-refractivity contribution >= 4 is 5.78 Å². The molecule has 0 saturated carbocycles. The van der Waals surface area contributed by atoms with E-state index in [9.17, 15) is 4.79 Å². The molecule has 1 fully saturated rings. The summed E-state index contributed by atoms with van der Waals surface area (Å²) in [6.07, 6.45) is 3.60. The second-order valence-electron chi connectivity index (χ2n) is 6.79. The van der Waals surface area contributed by atoms with Crippen molar-refractivity contribution in [2.45, 2.75) is 32.6 Å². The molecular formula is C20H23NO3. The summed E-state index contributed by atoms with van der Waals surface area (Å²) in [4.78, 5) is 15.7. The highest BCUT2D eigenvalue weighted by Gasteiger charge is 2.26. The summed E-state index contributed by atoms with van der Waals surface area (Å²) in [5.74, 6) is 1.61. The molecule has 0 radical (unpaired) electrons. The number of benzene rings is 1. The number of H-pyrrole nitrogens is 1. The molecule has 1 saturated heterocycles. The summed E-state index contributed by atoms with van der Waals surface area (Å²) in [5, 5.41) is 0. The largest absolute Gasteiger partial charge is 0.493 e. The molecule has 1 unspecified atom stereocenters. The van der Waals surface area contributed by atoms with Gasteiger partial charge in [-0.15, -0.1) is 0 Å². The van der Waals surface area contributed by atoms with Gasteiger partial charge in [-0.2, -0.15) is 0 Å². The smallest absolute Gasteiger partial charge is 0.164 e. The van der Waals surface area contributed by atoms with Crippen LogP contribution < -0.4 is 4.74 Å². The Hall–Kier alpha value is -2.07. The number of carbonyl (C=O) groups excluding carboxylic acids is 1. The Kier molecular flexibility index (Phi) is 4.15. The number of aromatic amines is 1. The quantitative estimate of drug-likeness (QED) is 0.927. The monoisotopic (exact) mass is 325 g/mol. The predicted octanol–water partition coefficient (Wildman–Crippen LogP) is 3.92. The van der Waals surface area contributed by atoms with Gasteiger partial charge in [0.1, 0.15) is 5.75 Å². The number of nitrogens with one attached hydrogen (secondary N) is 1. The lowest BCUT2D eigenvalue weighted by atomic mass is 9.89. The molecule has 4 rings (SSSR count). The number of hydrogen-bond acceptors (Lipinski definition) is 3. The van der Waals surface area contributed by atoms with Gasteiger partial charge in [0.05, 0.1) is 18.9 Å². The van der Waals surface area contributed by atoms with E-state index in [-0.39, 0.29) is 5.78 Å². The Morgan fingerprint density at radius 1 is 1.29 bits per heavy atom. The number of ether oxygens (including phenoxy) is 2. The highest BCUT2D eigenvalue weighted by molar-refractivity contribution is 6.01. The van der Waals surface area contributed by atoms with Gasteiger partial charge in [-0.25, -0.2) is 0 Å². The van der Waals surface area contributed by atoms with Crippen LogP contribution in [0.4, 0.5) is 0 Å². The lowest BCUT2D eigenvalue weighted by Crippen LogP contribution is -2.12.